The van der Waals surface area contributed by atoms with Crippen LogP contribution in [0.15, 0.2) is 156 Å². The van der Waals surface area contributed by atoms with Crippen molar-refractivity contribution in [3.05, 3.63) is 152 Å². The number of benzene rings is 8. The van der Waals surface area contributed by atoms with E-state index in [2.05, 4.69) is 150 Å². The van der Waals surface area contributed by atoms with Crippen LogP contribution in [0.1, 0.15) is 0 Å². The van der Waals surface area contributed by atoms with Gasteiger partial charge in [0.15, 0.2) is 0 Å². The van der Waals surface area contributed by atoms with Gasteiger partial charge in [0, 0.05) is 38.4 Å². The van der Waals surface area contributed by atoms with Gasteiger partial charge < -0.3 is 8.98 Å². The first-order valence-electron chi connectivity index (χ1n) is 15.1. The van der Waals surface area contributed by atoms with Gasteiger partial charge in [-0.05, 0) is 50.9 Å². The van der Waals surface area contributed by atoms with Crippen molar-refractivity contribution in [2.75, 3.05) is 0 Å². The lowest BCUT2D eigenvalue weighted by molar-refractivity contribution is 0.669. The van der Waals surface area contributed by atoms with Crippen LogP contribution in [0.3, 0.4) is 0 Å². The molecule has 10 rings (SSSR count). The molecule has 204 valence electrons. The molecule has 8 aromatic carbocycles. The summed E-state index contributed by atoms with van der Waals surface area (Å²) >= 11 is 0. The van der Waals surface area contributed by atoms with E-state index < -0.39 is 0 Å². The molecule has 0 bridgehead atoms. The molecular formula is C42H25NO. The molecule has 0 N–H and O–H groups in total. The molecule has 10 aromatic rings. The summed E-state index contributed by atoms with van der Waals surface area (Å²) < 4.78 is 8.89. The molecular weight excluding hydrogens is 534 g/mol. The Balaban J connectivity index is 1.41. The van der Waals surface area contributed by atoms with Gasteiger partial charge in [0.25, 0.3) is 0 Å². The summed E-state index contributed by atoms with van der Waals surface area (Å²) in [7, 11) is 0. The predicted octanol–water partition coefficient (Wildman–Crippen LogP) is 11.8. The lowest BCUT2D eigenvalue weighted by atomic mass is 9.88. The van der Waals surface area contributed by atoms with Crippen molar-refractivity contribution in [2.45, 2.75) is 0 Å². The molecule has 44 heavy (non-hydrogen) atoms. The maximum Gasteiger partial charge on any atom is 0.137 e. The second kappa shape index (κ2) is 8.82. The molecule has 2 aromatic heterocycles. The summed E-state index contributed by atoms with van der Waals surface area (Å²) in [6.07, 6.45) is 0. The minimum atomic E-state index is 0.906. The van der Waals surface area contributed by atoms with Crippen LogP contribution in [-0.2, 0) is 0 Å². The van der Waals surface area contributed by atoms with Crippen molar-refractivity contribution < 1.29 is 4.42 Å². The number of nitrogens with zero attached hydrogens (tertiary/aromatic N) is 1. The summed E-state index contributed by atoms with van der Waals surface area (Å²) in [5.41, 5.74) is 7.89. The summed E-state index contributed by atoms with van der Waals surface area (Å²) in [5.74, 6) is 0. The molecule has 0 aliphatic carbocycles. The zero-order chi connectivity index (χ0) is 28.8. The third-order valence-corrected chi connectivity index (χ3v) is 9.36. The monoisotopic (exact) mass is 559 g/mol. The second-order valence-corrected chi connectivity index (χ2v) is 11.7. The fraction of sp³-hybridized carbons (Fsp3) is 0. The number of aromatic nitrogens is 1. The Morgan fingerprint density at radius 1 is 0.364 bits per heavy atom. The van der Waals surface area contributed by atoms with Crippen LogP contribution >= 0.6 is 0 Å². The smallest absolute Gasteiger partial charge is 0.137 e. The molecule has 0 spiro atoms. The lowest BCUT2D eigenvalue weighted by Crippen LogP contribution is -1.99. The maximum atomic E-state index is 6.43. The van der Waals surface area contributed by atoms with Crippen LogP contribution in [0.5, 0.6) is 0 Å². The number of furan rings is 1. The molecule has 0 aliphatic heterocycles. The second-order valence-electron chi connectivity index (χ2n) is 11.7. The van der Waals surface area contributed by atoms with E-state index in [-0.39, 0.29) is 0 Å². The number of rotatable bonds is 2. The van der Waals surface area contributed by atoms with Gasteiger partial charge in [-0.3, -0.25) is 0 Å². The molecule has 0 fully saturated rings. The zero-order valence-corrected chi connectivity index (χ0v) is 23.8. The highest BCUT2D eigenvalue weighted by Crippen LogP contribution is 2.46. The summed E-state index contributed by atoms with van der Waals surface area (Å²) in [6, 6.07) is 54.8. The van der Waals surface area contributed by atoms with Crippen LogP contribution in [-0.4, -0.2) is 4.57 Å². The topological polar surface area (TPSA) is 18.1 Å². The van der Waals surface area contributed by atoms with Crippen LogP contribution in [0.2, 0.25) is 0 Å². The molecule has 0 radical (unpaired) electrons. The average molecular weight is 560 g/mol. The number of hydrogen-bond donors (Lipinski definition) is 0. The number of fused-ring (bicyclic) bond motifs is 9. The molecule has 0 saturated heterocycles. The number of para-hydroxylation sites is 2. The van der Waals surface area contributed by atoms with Crippen LogP contribution in [0, 0.1) is 0 Å². The van der Waals surface area contributed by atoms with Gasteiger partial charge in [-0.25, -0.2) is 0 Å². The van der Waals surface area contributed by atoms with Gasteiger partial charge in [-0.15, -0.1) is 0 Å². The van der Waals surface area contributed by atoms with Crippen molar-refractivity contribution in [2.24, 2.45) is 0 Å². The van der Waals surface area contributed by atoms with Crippen LogP contribution < -0.4 is 0 Å². The van der Waals surface area contributed by atoms with Gasteiger partial charge >= 0.3 is 0 Å². The summed E-state index contributed by atoms with van der Waals surface area (Å²) in [4.78, 5) is 0. The van der Waals surface area contributed by atoms with Gasteiger partial charge in [0.2, 0.25) is 0 Å². The van der Waals surface area contributed by atoms with E-state index in [0.29, 0.717) is 0 Å². The Labute approximate surface area is 253 Å². The quantitative estimate of drug-likeness (QED) is 0.193. The molecule has 2 heteroatoms. The molecule has 0 aliphatic rings. The standard InChI is InChI=1S/C42H25NO/c1-2-14-27-26(12-1)13-11-21-30(27)41-31-17-3-5-19-33(31)42(34-20-6-4-18-32(34)41)43-37-22-9-7-15-28(37)35-24-36-29-16-8-10-23-39(29)44-40(36)25-38(35)43/h1-25H. The van der Waals surface area contributed by atoms with E-state index in [4.69, 9.17) is 4.42 Å². The first-order valence-corrected chi connectivity index (χ1v) is 15.1. The lowest BCUT2D eigenvalue weighted by Gasteiger charge is -2.20. The van der Waals surface area contributed by atoms with E-state index >= 15 is 0 Å². The van der Waals surface area contributed by atoms with E-state index in [0.717, 1.165) is 27.5 Å². The normalized spacial score (nSPS) is 12.1. The highest BCUT2D eigenvalue weighted by Gasteiger charge is 2.22. The van der Waals surface area contributed by atoms with Crippen molar-refractivity contribution in [1.29, 1.82) is 0 Å². The minimum Gasteiger partial charge on any atom is -0.456 e. The highest BCUT2D eigenvalue weighted by molar-refractivity contribution is 6.24. The fourth-order valence-electron chi connectivity index (χ4n) is 7.51. The van der Waals surface area contributed by atoms with Crippen molar-refractivity contribution in [1.82, 2.24) is 4.57 Å². The summed E-state index contributed by atoms with van der Waals surface area (Å²) in [5, 5.41) is 12.2. The average Bonchev–Trinajstić information content (AvgIpc) is 3.61. The largest absolute Gasteiger partial charge is 0.456 e. The van der Waals surface area contributed by atoms with E-state index in [9.17, 15) is 0 Å². The molecule has 2 heterocycles. The zero-order valence-electron chi connectivity index (χ0n) is 23.8. The van der Waals surface area contributed by atoms with Gasteiger partial charge in [-0.1, -0.05) is 127 Å². The van der Waals surface area contributed by atoms with Crippen molar-refractivity contribution >= 4 is 76.1 Å². The van der Waals surface area contributed by atoms with Crippen LogP contribution in [0.25, 0.3) is 92.9 Å². The van der Waals surface area contributed by atoms with Gasteiger partial charge in [0.05, 0.1) is 16.7 Å². The Kier molecular flexibility index (Phi) is 4.75. The third-order valence-electron chi connectivity index (χ3n) is 9.36. The van der Waals surface area contributed by atoms with Gasteiger partial charge in [0.1, 0.15) is 11.2 Å². The fourth-order valence-corrected chi connectivity index (χ4v) is 7.51. The van der Waals surface area contributed by atoms with E-state index in [1.54, 1.807) is 0 Å². The van der Waals surface area contributed by atoms with Crippen molar-refractivity contribution in [3.8, 4) is 16.8 Å². The predicted molar refractivity (Wildman–Crippen MR) is 186 cm³/mol. The molecule has 2 nitrogen and oxygen atoms in total. The SMILES string of the molecule is c1ccc2c(-c3c4ccccc4c(-n4c5ccccc5c5cc6c(cc54)oc4ccccc46)c4ccccc34)cccc2c1. The van der Waals surface area contributed by atoms with E-state index in [1.165, 1.54) is 65.4 Å². The molecule has 0 unspecified atom stereocenters. The first kappa shape index (κ1) is 23.7. The first-order chi connectivity index (χ1) is 21.8. The molecule has 0 amide bonds. The Morgan fingerprint density at radius 2 is 0.955 bits per heavy atom. The van der Waals surface area contributed by atoms with Crippen LogP contribution in [0.4, 0.5) is 0 Å². The molecule has 0 atom stereocenters. The minimum absolute atomic E-state index is 0.906. The highest BCUT2D eigenvalue weighted by atomic mass is 16.3. The summed E-state index contributed by atoms with van der Waals surface area (Å²) in [6.45, 7) is 0. The Hall–Kier alpha value is -5.86. The Bertz CT molecular complexity index is 2710. The third kappa shape index (κ3) is 3.14. The Morgan fingerprint density at radius 3 is 1.73 bits per heavy atom. The van der Waals surface area contributed by atoms with Gasteiger partial charge in [-0.2, -0.15) is 0 Å². The molecule has 0 saturated carbocycles. The maximum absolute atomic E-state index is 6.43. The van der Waals surface area contributed by atoms with E-state index in [1.807, 2.05) is 6.07 Å². The van der Waals surface area contributed by atoms with Crippen molar-refractivity contribution in [3.63, 3.8) is 0 Å². The number of hydrogen-bond acceptors (Lipinski definition) is 1.